The summed E-state index contributed by atoms with van der Waals surface area (Å²) in [5.41, 5.74) is 0. The molecule has 2 unspecified atom stereocenters. The monoisotopic (exact) mass is 182 g/mol. The lowest BCUT2D eigenvalue weighted by atomic mass is 10.3. The summed E-state index contributed by atoms with van der Waals surface area (Å²) in [5, 5.41) is 0. The number of hydrogen-bond acceptors (Lipinski definition) is 2. The molecule has 2 nitrogen and oxygen atoms in total. The van der Waals surface area contributed by atoms with E-state index in [2.05, 4.69) is 4.74 Å². The van der Waals surface area contributed by atoms with E-state index in [0.29, 0.717) is 12.9 Å². The summed E-state index contributed by atoms with van der Waals surface area (Å²) in [6, 6.07) is 0. The van der Waals surface area contributed by atoms with E-state index < -0.39 is 4.33 Å². The van der Waals surface area contributed by atoms with E-state index in [-0.39, 0.29) is 12.0 Å². The lowest BCUT2D eigenvalue weighted by Gasteiger charge is -2.07. The van der Waals surface area contributed by atoms with Gasteiger partial charge in [-0.05, 0) is 13.3 Å². The summed E-state index contributed by atoms with van der Waals surface area (Å²) < 4.78 is 4.00. The zero-order valence-corrected chi connectivity index (χ0v) is 7.02. The van der Waals surface area contributed by atoms with Crippen LogP contribution >= 0.6 is 23.2 Å². The summed E-state index contributed by atoms with van der Waals surface area (Å²) in [6.07, 6.45) is 0.554. The highest BCUT2D eigenvalue weighted by atomic mass is 35.5. The minimum atomic E-state index is -0.650. The van der Waals surface area contributed by atoms with Crippen LogP contribution in [0.3, 0.4) is 0 Å². The molecule has 0 radical (unpaired) electrons. The predicted octanol–water partition coefficient (Wildman–Crippen LogP) is 1.74. The molecule has 0 aromatic rings. The molecule has 1 fully saturated rings. The molecule has 1 saturated carbocycles. The number of alkyl halides is 2. The van der Waals surface area contributed by atoms with E-state index in [1.807, 2.05) is 0 Å². The Morgan fingerprint density at radius 1 is 1.80 bits per heavy atom. The van der Waals surface area contributed by atoms with Crippen molar-refractivity contribution in [2.24, 2.45) is 5.92 Å². The molecule has 1 aliphatic carbocycles. The van der Waals surface area contributed by atoms with Crippen molar-refractivity contribution in [2.45, 2.75) is 23.8 Å². The number of rotatable bonds is 3. The third-order valence-corrected chi connectivity index (χ3v) is 2.58. The van der Waals surface area contributed by atoms with Crippen molar-refractivity contribution in [3.63, 3.8) is 0 Å². The molecule has 0 amide bonds. The first-order chi connectivity index (χ1) is 4.58. The van der Waals surface area contributed by atoms with Crippen LogP contribution in [0, 0.1) is 5.92 Å². The number of ether oxygens (including phenoxy) is 1. The molecule has 0 aromatic carbocycles. The first-order valence-electron chi connectivity index (χ1n) is 3.05. The molecule has 10 heavy (non-hydrogen) atoms. The molecule has 0 aromatic heterocycles. The maximum atomic E-state index is 9.85. The highest BCUT2D eigenvalue weighted by Gasteiger charge is 2.55. The molecule has 0 spiro atoms. The van der Waals surface area contributed by atoms with Crippen LogP contribution in [0.4, 0.5) is 0 Å². The molecular formula is C6H8Cl2O2. The third kappa shape index (κ3) is 1.55. The maximum Gasteiger partial charge on any atom is 0.293 e. The van der Waals surface area contributed by atoms with Gasteiger partial charge in [0.2, 0.25) is 0 Å². The fourth-order valence-corrected chi connectivity index (χ4v) is 1.61. The molecule has 2 atom stereocenters. The van der Waals surface area contributed by atoms with Gasteiger partial charge in [-0.2, -0.15) is 0 Å². The third-order valence-electron chi connectivity index (χ3n) is 1.71. The molecule has 1 aliphatic rings. The average molecular weight is 183 g/mol. The standard InChI is InChI=1S/C6H8Cl2O2/c1-4(10-3-9)5-2-6(5,7)8/h3-5H,2H2,1H3. The largest absolute Gasteiger partial charge is 0.464 e. The zero-order valence-electron chi connectivity index (χ0n) is 5.51. The number of halogens is 2. The summed E-state index contributed by atoms with van der Waals surface area (Å²) >= 11 is 11.4. The first kappa shape index (κ1) is 8.15. The van der Waals surface area contributed by atoms with Crippen LogP contribution in [0.1, 0.15) is 13.3 Å². The number of carbonyl (C=O) groups excluding carboxylic acids is 1. The van der Waals surface area contributed by atoms with Crippen molar-refractivity contribution in [2.75, 3.05) is 0 Å². The highest BCUT2D eigenvalue weighted by Crippen LogP contribution is 2.55. The minimum Gasteiger partial charge on any atom is -0.464 e. The maximum absolute atomic E-state index is 9.85. The van der Waals surface area contributed by atoms with Crippen LogP contribution in [0.5, 0.6) is 0 Å². The van der Waals surface area contributed by atoms with Crippen LogP contribution in [-0.2, 0) is 9.53 Å². The molecule has 0 heterocycles. The average Bonchev–Trinajstić information content (AvgIpc) is 2.41. The van der Waals surface area contributed by atoms with Crippen molar-refractivity contribution in [3.05, 3.63) is 0 Å². The fraction of sp³-hybridized carbons (Fsp3) is 0.833. The molecule has 58 valence electrons. The lowest BCUT2D eigenvalue weighted by Crippen LogP contribution is -2.13. The van der Waals surface area contributed by atoms with Gasteiger partial charge in [-0.15, -0.1) is 23.2 Å². The van der Waals surface area contributed by atoms with Crippen LogP contribution < -0.4 is 0 Å². The summed E-state index contributed by atoms with van der Waals surface area (Å²) in [5.74, 6) is 0.112. The van der Waals surface area contributed by atoms with Crippen LogP contribution in [0.2, 0.25) is 0 Å². The van der Waals surface area contributed by atoms with Crippen LogP contribution in [0.15, 0.2) is 0 Å². The van der Waals surface area contributed by atoms with Crippen molar-refractivity contribution in [1.29, 1.82) is 0 Å². The molecule has 4 heteroatoms. The molecule has 0 N–H and O–H groups in total. The number of carbonyl (C=O) groups is 1. The van der Waals surface area contributed by atoms with E-state index in [4.69, 9.17) is 23.2 Å². The predicted molar refractivity (Wildman–Crippen MR) is 39.2 cm³/mol. The second-order valence-corrected chi connectivity index (χ2v) is 4.05. The van der Waals surface area contributed by atoms with Gasteiger partial charge in [-0.1, -0.05) is 0 Å². The van der Waals surface area contributed by atoms with Gasteiger partial charge < -0.3 is 4.74 Å². The van der Waals surface area contributed by atoms with Crippen molar-refractivity contribution >= 4 is 29.7 Å². The van der Waals surface area contributed by atoms with E-state index in [0.717, 1.165) is 0 Å². The quantitative estimate of drug-likeness (QED) is 0.492. The van der Waals surface area contributed by atoms with Crippen LogP contribution in [-0.4, -0.2) is 16.9 Å². The van der Waals surface area contributed by atoms with E-state index >= 15 is 0 Å². The molecule has 0 aliphatic heterocycles. The second kappa shape index (κ2) is 2.59. The molecular weight excluding hydrogens is 175 g/mol. The Labute approximate surface area is 69.4 Å². The Morgan fingerprint density at radius 2 is 2.30 bits per heavy atom. The Bertz CT molecular complexity index is 147. The highest BCUT2D eigenvalue weighted by molar-refractivity contribution is 6.50. The van der Waals surface area contributed by atoms with Crippen molar-refractivity contribution < 1.29 is 9.53 Å². The van der Waals surface area contributed by atoms with Gasteiger partial charge in [0.1, 0.15) is 10.4 Å². The van der Waals surface area contributed by atoms with E-state index in [1.54, 1.807) is 6.92 Å². The first-order valence-corrected chi connectivity index (χ1v) is 3.80. The van der Waals surface area contributed by atoms with E-state index in [9.17, 15) is 4.79 Å². The topological polar surface area (TPSA) is 26.3 Å². The second-order valence-electron chi connectivity index (χ2n) is 2.51. The van der Waals surface area contributed by atoms with Gasteiger partial charge in [0.05, 0.1) is 0 Å². The van der Waals surface area contributed by atoms with Crippen molar-refractivity contribution in [3.8, 4) is 0 Å². The Kier molecular flexibility index (Phi) is 2.11. The molecule has 0 bridgehead atoms. The minimum absolute atomic E-state index is 0.112. The van der Waals surface area contributed by atoms with Gasteiger partial charge in [-0.3, -0.25) is 4.79 Å². The van der Waals surface area contributed by atoms with Gasteiger partial charge in [0.15, 0.2) is 0 Å². The Morgan fingerprint density at radius 3 is 2.60 bits per heavy atom. The van der Waals surface area contributed by atoms with Gasteiger partial charge in [0.25, 0.3) is 6.47 Å². The van der Waals surface area contributed by atoms with Crippen LogP contribution in [0.25, 0.3) is 0 Å². The smallest absolute Gasteiger partial charge is 0.293 e. The Hall–Kier alpha value is 0.0500. The fourth-order valence-electron chi connectivity index (χ4n) is 0.926. The lowest BCUT2D eigenvalue weighted by molar-refractivity contribution is -0.133. The summed E-state index contributed by atoms with van der Waals surface area (Å²) in [6.45, 7) is 2.21. The van der Waals surface area contributed by atoms with Gasteiger partial charge in [0, 0.05) is 5.92 Å². The van der Waals surface area contributed by atoms with Gasteiger partial charge in [-0.25, -0.2) is 0 Å². The number of hydrogen-bond donors (Lipinski definition) is 0. The Balaban J connectivity index is 2.32. The summed E-state index contributed by atoms with van der Waals surface area (Å²) in [7, 11) is 0. The zero-order chi connectivity index (χ0) is 7.78. The van der Waals surface area contributed by atoms with E-state index in [1.165, 1.54) is 0 Å². The summed E-state index contributed by atoms with van der Waals surface area (Å²) in [4.78, 5) is 9.85. The molecule has 0 saturated heterocycles. The van der Waals surface area contributed by atoms with Crippen molar-refractivity contribution in [1.82, 2.24) is 0 Å². The normalized spacial score (nSPS) is 30.9. The van der Waals surface area contributed by atoms with Gasteiger partial charge >= 0.3 is 0 Å². The SMILES string of the molecule is CC(OC=O)C1CC1(Cl)Cl. The molecule has 1 rings (SSSR count).